The molecule has 0 saturated carbocycles. The van der Waals surface area contributed by atoms with Crippen LogP contribution in [-0.4, -0.2) is 23.5 Å². The van der Waals surface area contributed by atoms with Gasteiger partial charge in [0.15, 0.2) is 5.11 Å². The van der Waals surface area contributed by atoms with Crippen molar-refractivity contribution in [3.8, 4) is 5.75 Å². The third-order valence-electron chi connectivity index (χ3n) is 4.41. The summed E-state index contributed by atoms with van der Waals surface area (Å²) >= 11 is 5.23. The molecule has 0 radical (unpaired) electrons. The fourth-order valence-corrected chi connectivity index (χ4v) is 2.99. The number of thiocarbonyl (C=S) groups is 1. The number of benzene rings is 3. The fourth-order valence-electron chi connectivity index (χ4n) is 2.78. The minimum Gasteiger partial charge on any atom is -0.493 e. The molecular formula is C25H24FN3O3S. The van der Waals surface area contributed by atoms with E-state index in [4.69, 9.17) is 17.0 Å². The Labute approximate surface area is 197 Å². The predicted octanol–water partition coefficient (Wildman–Crippen LogP) is 5.24. The summed E-state index contributed by atoms with van der Waals surface area (Å²) in [5.74, 6) is -0.0149. The molecule has 0 atom stereocenters. The molecule has 3 N–H and O–H groups in total. The van der Waals surface area contributed by atoms with Gasteiger partial charge in [0, 0.05) is 22.5 Å². The maximum Gasteiger partial charge on any atom is 0.257 e. The van der Waals surface area contributed by atoms with E-state index in [2.05, 4.69) is 29.8 Å². The molecule has 3 rings (SSSR count). The van der Waals surface area contributed by atoms with E-state index in [1.54, 1.807) is 48.5 Å². The molecule has 0 saturated heterocycles. The molecule has 33 heavy (non-hydrogen) atoms. The first kappa shape index (κ1) is 23.9. The van der Waals surface area contributed by atoms with E-state index in [0.717, 1.165) is 0 Å². The van der Waals surface area contributed by atoms with Crippen LogP contribution >= 0.6 is 12.2 Å². The lowest BCUT2D eigenvalue weighted by molar-refractivity contribution is 0.0976. The monoisotopic (exact) mass is 465 g/mol. The van der Waals surface area contributed by atoms with Crippen molar-refractivity contribution in [2.75, 3.05) is 17.2 Å². The molecule has 0 aliphatic rings. The van der Waals surface area contributed by atoms with Gasteiger partial charge in [0.2, 0.25) is 0 Å². The highest BCUT2D eigenvalue weighted by Crippen LogP contribution is 2.15. The number of anilines is 2. The Balaban J connectivity index is 1.56. The van der Waals surface area contributed by atoms with E-state index < -0.39 is 0 Å². The minimum atomic E-state index is -0.384. The molecule has 0 heterocycles. The maximum absolute atomic E-state index is 13.0. The molecule has 0 bridgehead atoms. The van der Waals surface area contributed by atoms with Crippen LogP contribution in [0, 0.1) is 11.7 Å². The van der Waals surface area contributed by atoms with Crippen LogP contribution in [0.5, 0.6) is 5.75 Å². The van der Waals surface area contributed by atoms with Gasteiger partial charge in [0.05, 0.1) is 6.61 Å². The summed E-state index contributed by atoms with van der Waals surface area (Å²) < 4.78 is 18.6. The number of amides is 2. The Kier molecular flexibility index (Phi) is 8.10. The summed E-state index contributed by atoms with van der Waals surface area (Å²) in [4.78, 5) is 24.9. The average molecular weight is 466 g/mol. The molecule has 8 heteroatoms. The van der Waals surface area contributed by atoms with Gasteiger partial charge >= 0.3 is 0 Å². The number of carbonyl (C=O) groups excluding carboxylic acids is 2. The fraction of sp³-hybridized carbons (Fsp3) is 0.160. The largest absolute Gasteiger partial charge is 0.493 e. The first-order chi connectivity index (χ1) is 15.8. The molecule has 6 nitrogen and oxygen atoms in total. The van der Waals surface area contributed by atoms with Gasteiger partial charge in [-0.3, -0.25) is 14.9 Å². The Morgan fingerprint density at radius 1 is 0.879 bits per heavy atom. The van der Waals surface area contributed by atoms with Crippen molar-refractivity contribution in [3.63, 3.8) is 0 Å². The van der Waals surface area contributed by atoms with Crippen molar-refractivity contribution >= 4 is 40.5 Å². The lowest BCUT2D eigenvalue weighted by Gasteiger charge is -2.12. The van der Waals surface area contributed by atoms with Gasteiger partial charge in [0.25, 0.3) is 11.8 Å². The number of ether oxygens (including phenoxy) is 1. The second-order valence-corrected chi connectivity index (χ2v) is 8.09. The predicted molar refractivity (Wildman–Crippen MR) is 131 cm³/mol. The lowest BCUT2D eigenvalue weighted by atomic mass is 10.2. The van der Waals surface area contributed by atoms with Crippen LogP contribution in [0.15, 0.2) is 72.8 Å². The van der Waals surface area contributed by atoms with Crippen molar-refractivity contribution in [1.29, 1.82) is 0 Å². The Morgan fingerprint density at radius 2 is 1.58 bits per heavy atom. The molecular weight excluding hydrogens is 441 g/mol. The molecule has 170 valence electrons. The van der Waals surface area contributed by atoms with Gasteiger partial charge in [-0.2, -0.15) is 0 Å². The van der Waals surface area contributed by atoms with Gasteiger partial charge in [-0.15, -0.1) is 0 Å². The standard InChI is InChI=1S/C25H24FN3O3S/c1-16(2)15-32-22-12-6-17(7-13-22)23(30)29-25(33)28-21-5-3-4-18(14-21)24(31)27-20-10-8-19(26)9-11-20/h3-14,16H,15H2,1-2H3,(H,27,31)(H2,28,29,30,33). The molecule has 0 unspecified atom stereocenters. The number of nitrogens with one attached hydrogen (secondary N) is 3. The zero-order valence-corrected chi connectivity index (χ0v) is 19.0. The van der Waals surface area contributed by atoms with Crippen LogP contribution in [0.2, 0.25) is 0 Å². The number of hydrogen-bond acceptors (Lipinski definition) is 4. The zero-order valence-electron chi connectivity index (χ0n) is 18.2. The van der Waals surface area contributed by atoms with Crippen molar-refractivity contribution in [2.24, 2.45) is 5.92 Å². The summed E-state index contributed by atoms with van der Waals surface area (Å²) in [7, 11) is 0. The molecule has 0 aromatic heterocycles. The highest BCUT2D eigenvalue weighted by atomic mass is 32.1. The van der Waals surface area contributed by atoms with E-state index in [-0.39, 0.29) is 22.7 Å². The second-order valence-electron chi connectivity index (χ2n) is 7.68. The van der Waals surface area contributed by atoms with Crippen LogP contribution < -0.4 is 20.7 Å². The minimum absolute atomic E-state index is 0.0937. The molecule has 0 aliphatic heterocycles. The Morgan fingerprint density at radius 3 is 2.24 bits per heavy atom. The van der Waals surface area contributed by atoms with Gasteiger partial charge < -0.3 is 15.4 Å². The highest BCUT2D eigenvalue weighted by molar-refractivity contribution is 7.80. The summed E-state index contributed by atoms with van der Waals surface area (Å²) in [6.07, 6.45) is 0. The van der Waals surface area contributed by atoms with Crippen molar-refractivity contribution in [1.82, 2.24) is 5.32 Å². The van der Waals surface area contributed by atoms with Crippen LogP contribution in [0.4, 0.5) is 15.8 Å². The van der Waals surface area contributed by atoms with Gasteiger partial charge in [-0.25, -0.2) is 4.39 Å². The van der Waals surface area contributed by atoms with E-state index in [0.29, 0.717) is 40.8 Å². The van der Waals surface area contributed by atoms with Crippen LogP contribution in [0.3, 0.4) is 0 Å². The van der Waals surface area contributed by atoms with E-state index in [1.807, 2.05) is 0 Å². The first-order valence-electron chi connectivity index (χ1n) is 10.3. The average Bonchev–Trinajstić information content (AvgIpc) is 2.79. The van der Waals surface area contributed by atoms with Crippen molar-refractivity contribution in [2.45, 2.75) is 13.8 Å². The van der Waals surface area contributed by atoms with Crippen LogP contribution in [-0.2, 0) is 0 Å². The summed E-state index contributed by atoms with van der Waals surface area (Å²) in [6.45, 7) is 4.72. The topological polar surface area (TPSA) is 79.5 Å². The van der Waals surface area contributed by atoms with Gasteiger partial charge in [-0.1, -0.05) is 19.9 Å². The number of halogens is 1. The number of hydrogen-bond donors (Lipinski definition) is 3. The molecule has 0 aliphatic carbocycles. The van der Waals surface area contributed by atoms with Crippen molar-refractivity contribution in [3.05, 3.63) is 89.7 Å². The van der Waals surface area contributed by atoms with Crippen LogP contribution in [0.25, 0.3) is 0 Å². The lowest BCUT2D eigenvalue weighted by Crippen LogP contribution is -2.34. The second kappa shape index (κ2) is 11.2. The van der Waals surface area contributed by atoms with E-state index >= 15 is 0 Å². The molecule has 3 aromatic rings. The summed E-state index contributed by atoms with van der Waals surface area (Å²) in [6, 6.07) is 18.9. The normalized spacial score (nSPS) is 10.4. The SMILES string of the molecule is CC(C)COc1ccc(C(=O)NC(=S)Nc2cccc(C(=O)Nc3ccc(F)cc3)c2)cc1. The van der Waals surface area contributed by atoms with Gasteiger partial charge in [-0.05, 0) is 84.9 Å². The summed E-state index contributed by atoms with van der Waals surface area (Å²) in [5.41, 5.74) is 1.81. The van der Waals surface area contributed by atoms with Gasteiger partial charge in [0.1, 0.15) is 11.6 Å². The zero-order chi connectivity index (χ0) is 23.8. The highest BCUT2D eigenvalue weighted by Gasteiger charge is 2.11. The molecule has 3 aromatic carbocycles. The Hall–Kier alpha value is -3.78. The number of rotatable bonds is 7. The molecule has 0 fully saturated rings. The van der Waals surface area contributed by atoms with E-state index in [9.17, 15) is 14.0 Å². The van der Waals surface area contributed by atoms with E-state index in [1.165, 1.54) is 24.3 Å². The quantitative estimate of drug-likeness (QED) is 0.416. The third-order valence-corrected chi connectivity index (χ3v) is 4.62. The van der Waals surface area contributed by atoms with Crippen LogP contribution in [0.1, 0.15) is 34.6 Å². The molecule has 2 amide bonds. The first-order valence-corrected chi connectivity index (χ1v) is 10.7. The molecule has 0 spiro atoms. The summed E-state index contributed by atoms with van der Waals surface area (Å²) in [5, 5.41) is 8.30. The number of carbonyl (C=O) groups is 2. The third kappa shape index (κ3) is 7.40. The van der Waals surface area contributed by atoms with Crippen molar-refractivity contribution < 1.29 is 18.7 Å². The maximum atomic E-state index is 13.0. The smallest absolute Gasteiger partial charge is 0.257 e. The Bertz CT molecular complexity index is 1130.